The van der Waals surface area contributed by atoms with Crippen LogP contribution in [-0.4, -0.2) is 68.0 Å². The van der Waals surface area contributed by atoms with Crippen molar-refractivity contribution in [2.45, 2.75) is 48.1 Å². The number of alkyl halides is 19. The Bertz CT molecular complexity index is 1910. The fraction of sp³-hybridized carbons (Fsp3) is 0.314. The Hall–Kier alpha value is -5.05. The summed E-state index contributed by atoms with van der Waals surface area (Å²) in [7, 11) is 0. The third-order valence-electron chi connectivity index (χ3n) is 7.81. The molecule has 0 aromatic heterocycles. The van der Waals surface area contributed by atoms with Gasteiger partial charge in [-0.3, -0.25) is 0 Å². The monoisotopic (exact) mass is 850 g/mol. The fourth-order valence-electron chi connectivity index (χ4n) is 4.56. The first-order valence-corrected chi connectivity index (χ1v) is 15.3. The third-order valence-corrected chi connectivity index (χ3v) is 7.81. The Balaban J connectivity index is 1.57. The molecule has 312 valence electrons. The maximum Gasteiger partial charge on any atom is 0.460 e. The lowest BCUT2D eigenvalue weighted by molar-refractivity contribution is -0.358. The van der Waals surface area contributed by atoms with Gasteiger partial charge < -0.3 is 14.2 Å². The van der Waals surface area contributed by atoms with Crippen LogP contribution in [0, 0.1) is 0 Å². The summed E-state index contributed by atoms with van der Waals surface area (Å²) in [6, 6.07) is 18.3. The van der Waals surface area contributed by atoms with E-state index in [9.17, 15) is 83.4 Å². The minimum absolute atomic E-state index is 0.0132. The van der Waals surface area contributed by atoms with Crippen LogP contribution < -0.4 is 14.2 Å². The lowest BCUT2D eigenvalue weighted by Crippen LogP contribution is -2.54. The SMILES string of the molecule is FC(F)(F)C(F)(F)COc1ccc(-c2ccc(-c3ccc(-c4cc(OCC(F)(F)C(F)(F)C(F)(F)F)cc(OCC(F)(F)C(F)(F)C(F)(F)F)c4)cc3)cc2)cc1. The largest absolute Gasteiger partial charge is 0.487 e. The van der Waals surface area contributed by atoms with Gasteiger partial charge in [0.2, 0.25) is 0 Å². The van der Waals surface area contributed by atoms with Crippen LogP contribution in [0.4, 0.5) is 83.4 Å². The maximum atomic E-state index is 13.9. The van der Waals surface area contributed by atoms with Crippen LogP contribution in [0.3, 0.4) is 0 Å². The van der Waals surface area contributed by atoms with Crippen LogP contribution in [0.1, 0.15) is 0 Å². The number of ether oxygens (including phenoxy) is 3. The van der Waals surface area contributed by atoms with Gasteiger partial charge in [0.25, 0.3) is 0 Å². The van der Waals surface area contributed by atoms with E-state index in [0.29, 0.717) is 34.4 Å². The van der Waals surface area contributed by atoms with Crippen molar-refractivity contribution in [2.75, 3.05) is 19.8 Å². The molecule has 0 unspecified atom stereocenters. The molecule has 0 spiro atoms. The molecular formula is C35H21F19O3. The minimum atomic E-state index is -6.76. The Kier molecular flexibility index (Phi) is 12.0. The smallest absolute Gasteiger partial charge is 0.460 e. The van der Waals surface area contributed by atoms with Gasteiger partial charge in [0.05, 0.1) is 0 Å². The molecule has 0 heterocycles. The molecule has 0 bridgehead atoms. The highest BCUT2D eigenvalue weighted by Crippen LogP contribution is 2.48. The summed E-state index contributed by atoms with van der Waals surface area (Å²) in [6.45, 7) is -7.31. The molecule has 57 heavy (non-hydrogen) atoms. The zero-order valence-electron chi connectivity index (χ0n) is 27.7. The highest BCUT2D eigenvalue weighted by Gasteiger charge is 2.74. The van der Waals surface area contributed by atoms with Gasteiger partial charge in [0.15, 0.2) is 19.8 Å². The van der Waals surface area contributed by atoms with Crippen molar-refractivity contribution in [1.82, 2.24) is 0 Å². The van der Waals surface area contributed by atoms with Gasteiger partial charge in [0.1, 0.15) is 17.2 Å². The van der Waals surface area contributed by atoms with Gasteiger partial charge >= 0.3 is 48.1 Å². The summed E-state index contributed by atoms with van der Waals surface area (Å²) in [5, 5.41) is 0. The van der Waals surface area contributed by atoms with Gasteiger partial charge in [-0.05, 0) is 57.6 Å². The zero-order valence-corrected chi connectivity index (χ0v) is 27.7. The van der Waals surface area contributed by atoms with E-state index in [1.165, 1.54) is 36.4 Å². The second-order valence-electron chi connectivity index (χ2n) is 12.0. The highest BCUT2D eigenvalue weighted by molar-refractivity contribution is 5.74. The third kappa shape index (κ3) is 9.74. The van der Waals surface area contributed by atoms with E-state index in [1.807, 2.05) is 0 Å². The predicted octanol–water partition coefficient (Wildman–Crippen LogP) is 12.7. The quantitative estimate of drug-likeness (QED) is 0.118. The number of hydrogen-bond acceptors (Lipinski definition) is 3. The highest BCUT2D eigenvalue weighted by atomic mass is 19.4. The topological polar surface area (TPSA) is 27.7 Å². The van der Waals surface area contributed by atoms with Crippen molar-refractivity contribution in [1.29, 1.82) is 0 Å². The lowest BCUT2D eigenvalue weighted by atomic mass is 9.98. The van der Waals surface area contributed by atoms with E-state index in [0.717, 1.165) is 12.1 Å². The molecule has 0 N–H and O–H groups in total. The van der Waals surface area contributed by atoms with E-state index in [-0.39, 0.29) is 22.9 Å². The Morgan fingerprint density at radius 3 is 0.842 bits per heavy atom. The average molecular weight is 851 g/mol. The lowest BCUT2D eigenvalue weighted by Gasteiger charge is -2.28. The van der Waals surface area contributed by atoms with Crippen molar-refractivity contribution < 1.29 is 97.6 Å². The molecule has 0 saturated carbocycles. The molecule has 4 aromatic rings. The summed E-state index contributed by atoms with van der Waals surface area (Å²) in [5.41, 5.74) is 1.61. The van der Waals surface area contributed by atoms with Crippen LogP contribution in [-0.2, 0) is 0 Å². The standard InChI is InChI=1S/C35H21F19O3/c36-28(37,31(42,43)34(49,50)51)16-56-26-13-24(14-27(15-26)57-17-29(38,39)32(44,45)35(52,53)54)23-7-5-20(6-8-23)19-1-3-21(4-2-19)22-9-11-25(12-10-22)55-18-30(40,41)33(46,47)48/h1-15H,16-18H2. The molecule has 4 rings (SSSR count). The van der Waals surface area contributed by atoms with Crippen LogP contribution in [0.15, 0.2) is 91.0 Å². The van der Waals surface area contributed by atoms with Crippen LogP contribution in [0.25, 0.3) is 33.4 Å². The number of halogens is 19. The Labute approximate surface area is 307 Å². The van der Waals surface area contributed by atoms with Crippen LogP contribution in [0.2, 0.25) is 0 Å². The van der Waals surface area contributed by atoms with Gasteiger partial charge in [-0.2, -0.15) is 83.4 Å². The van der Waals surface area contributed by atoms with E-state index >= 15 is 0 Å². The Morgan fingerprint density at radius 1 is 0.281 bits per heavy atom. The number of benzene rings is 4. The summed E-state index contributed by atoms with van der Waals surface area (Å²) in [6.07, 6.45) is -19.3. The van der Waals surface area contributed by atoms with Gasteiger partial charge in [-0.15, -0.1) is 0 Å². The van der Waals surface area contributed by atoms with E-state index in [1.54, 1.807) is 24.3 Å². The molecule has 0 atom stereocenters. The van der Waals surface area contributed by atoms with Crippen LogP contribution in [0.5, 0.6) is 17.2 Å². The zero-order chi connectivity index (χ0) is 43.0. The molecular weight excluding hydrogens is 829 g/mol. The van der Waals surface area contributed by atoms with Crippen molar-refractivity contribution in [3.63, 3.8) is 0 Å². The van der Waals surface area contributed by atoms with Gasteiger partial charge in [-0.25, -0.2) is 0 Å². The molecule has 3 nitrogen and oxygen atoms in total. The molecule has 0 aliphatic heterocycles. The van der Waals surface area contributed by atoms with Crippen molar-refractivity contribution in [2.24, 2.45) is 0 Å². The Morgan fingerprint density at radius 2 is 0.544 bits per heavy atom. The summed E-state index contributed by atoms with van der Waals surface area (Å²) in [4.78, 5) is 0. The normalized spacial score (nSPS) is 13.7. The first-order valence-electron chi connectivity index (χ1n) is 15.3. The minimum Gasteiger partial charge on any atom is -0.487 e. The summed E-state index contributed by atoms with van der Waals surface area (Å²) in [5.74, 6) is -32.7. The second-order valence-corrected chi connectivity index (χ2v) is 12.0. The fourth-order valence-corrected chi connectivity index (χ4v) is 4.56. The molecule has 0 fully saturated rings. The van der Waals surface area contributed by atoms with E-state index in [4.69, 9.17) is 0 Å². The second kappa shape index (κ2) is 15.4. The first kappa shape index (κ1) is 44.7. The summed E-state index contributed by atoms with van der Waals surface area (Å²) < 4.78 is 261. The molecule has 0 aliphatic carbocycles. The molecule has 0 saturated heterocycles. The first-order chi connectivity index (χ1) is 25.9. The van der Waals surface area contributed by atoms with Gasteiger partial charge in [-0.1, -0.05) is 60.7 Å². The number of rotatable bonds is 14. The molecule has 0 aliphatic rings. The molecule has 4 aromatic carbocycles. The maximum absolute atomic E-state index is 13.9. The van der Waals surface area contributed by atoms with Gasteiger partial charge in [0, 0.05) is 6.07 Å². The van der Waals surface area contributed by atoms with Crippen molar-refractivity contribution in [3.05, 3.63) is 91.0 Å². The number of hydrogen-bond donors (Lipinski definition) is 0. The van der Waals surface area contributed by atoms with E-state index < -0.39 is 79.5 Å². The molecule has 22 heteroatoms. The predicted molar refractivity (Wildman–Crippen MR) is 162 cm³/mol. The van der Waals surface area contributed by atoms with Crippen LogP contribution >= 0.6 is 0 Å². The summed E-state index contributed by atoms with van der Waals surface area (Å²) >= 11 is 0. The van der Waals surface area contributed by atoms with Crippen molar-refractivity contribution >= 4 is 0 Å². The van der Waals surface area contributed by atoms with E-state index in [2.05, 4.69) is 14.2 Å². The van der Waals surface area contributed by atoms with Crippen molar-refractivity contribution in [3.8, 4) is 50.6 Å². The average Bonchev–Trinajstić information content (AvgIpc) is 3.11. The molecule has 0 radical (unpaired) electrons. The molecule has 0 amide bonds.